The SMILES string of the molecule is CC(C)C1=C2[C@H]3C=CC(C=O)CC(=O)[C@]3(C)CC[C@@]2(C(=O)O)CC1. The highest BCUT2D eigenvalue weighted by Gasteiger charge is 2.59. The normalized spacial score (nSPS) is 38.8. The van der Waals surface area contributed by atoms with E-state index < -0.39 is 16.8 Å². The third-order valence-electron chi connectivity index (χ3n) is 6.64. The van der Waals surface area contributed by atoms with Crippen molar-refractivity contribution in [3.63, 3.8) is 0 Å². The summed E-state index contributed by atoms with van der Waals surface area (Å²) in [7, 11) is 0. The highest BCUT2D eigenvalue weighted by Crippen LogP contribution is 2.62. The first-order valence-electron chi connectivity index (χ1n) is 8.90. The molecule has 0 bridgehead atoms. The Labute approximate surface area is 143 Å². The Bertz CT molecular complexity index is 657. The van der Waals surface area contributed by atoms with Crippen LogP contribution in [-0.4, -0.2) is 23.1 Å². The Morgan fingerprint density at radius 2 is 2.00 bits per heavy atom. The van der Waals surface area contributed by atoms with E-state index in [0.717, 1.165) is 18.3 Å². The molecule has 1 fully saturated rings. The molecule has 1 saturated carbocycles. The quantitative estimate of drug-likeness (QED) is 0.634. The molecule has 1 unspecified atom stereocenters. The molecule has 0 spiro atoms. The van der Waals surface area contributed by atoms with Crippen LogP contribution < -0.4 is 0 Å². The van der Waals surface area contributed by atoms with Gasteiger partial charge in [0.15, 0.2) is 0 Å². The second kappa shape index (κ2) is 5.68. The molecule has 0 aromatic heterocycles. The number of aldehydes is 1. The molecule has 0 aromatic carbocycles. The first-order valence-corrected chi connectivity index (χ1v) is 8.90. The van der Waals surface area contributed by atoms with Crippen molar-refractivity contribution in [2.45, 2.75) is 52.9 Å². The molecule has 1 N–H and O–H groups in total. The van der Waals surface area contributed by atoms with Crippen molar-refractivity contribution < 1.29 is 19.5 Å². The lowest BCUT2D eigenvalue weighted by molar-refractivity contribution is -0.151. The van der Waals surface area contributed by atoms with Crippen LogP contribution in [0.25, 0.3) is 0 Å². The lowest BCUT2D eigenvalue weighted by Gasteiger charge is -2.47. The molecular formula is C20H26O4. The van der Waals surface area contributed by atoms with Crippen molar-refractivity contribution in [2.75, 3.05) is 0 Å². The summed E-state index contributed by atoms with van der Waals surface area (Å²) in [5, 5.41) is 10.0. The summed E-state index contributed by atoms with van der Waals surface area (Å²) in [5.74, 6) is -0.969. The molecule has 4 heteroatoms. The first kappa shape index (κ1) is 17.1. The fourth-order valence-electron chi connectivity index (χ4n) is 5.04. The molecule has 4 nitrogen and oxygen atoms in total. The minimum absolute atomic E-state index is 0.0936. The average Bonchev–Trinajstić information content (AvgIpc) is 2.88. The third kappa shape index (κ3) is 2.22. The van der Waals surface area contributed by atoms with Crippen LogP contribution in [0.5, 0.6) is 0 Å². The number of rotatable bonds is 3. The number of ketones is 1. The maximum atomic E-state index is 12.9. The molecule has 0 radical (unpaired) electrons. The van der Waals surface area contributed by atoms with E-state index in [-0.39, 0.29) is 30.0 Å². The van der Waals surface area contributed by atoms with E-state index in [4.69, 9.17) is 0 Å². The summed E-state index contributed by atoms with van der Waals surface area (Å²) in [4.78, 5) is 36.3. The highest BCUT2D eigenvalue weighted by molar-refractivity contribution is 5.90. The third-order valence-corrected chi connectivity index (χ3v) is 6.64. The van der Waals surface area contributed by atoms with Gasteiger partial charge in [-0.3, -0.25) is 9.59 Å². The Morgan fingerprint density at radius 1 is 1.29 bits per heavy atom. The Balaban J connectivity index is 2.20. The number of carbonyl (C=O) groups is 3. The molecular weight excluding hydrogens is 304 g/mol. The largest absolute Gasteiger partial charge is 0.481 e. The summed E-state index contributed by atoms with van der Waals surface area (Å²) >= 11 is 0. The second-order valence-electron chi connectivity index (χ2n) is 8.19. The molecule has 4 atom stereocenters. The molecule has 130 valence electrons. The monoisotopic (exact) mass is 330 g/mol. The van der Waals surface area contributed by atoms with Crippen LogP contribution in [0.15, 0.2) is 23.3 Å². The first-order chi connectivity index (χ1) is 11.3. The van der Waals surface area contributed by atoms with Crippen LogP contribution >= 0.6 is 0 Å². The predicted octanol–water partition coefficient (Wildman–Crippen LogP) is 3.56. The van der Waals surface area contributed by atoms with E-state index in [0.29, 0.717) is 19.3 Å². The zero-order valence-corrected chi connectivity index (χ0v) is 14.7. The van der Waals surface area contributed by atoms with Gasteiger partial charge in [0.25, 0.3) is 0 Å². The van der Waals surface area contributed by atoms with Gasteiger partial charge in [0.2, 0.25) is 0 Å². The molecule has 0 heterocycles. The zero-order valence-electron chi connectivity index (χ0n) is 14.7. The summed E-state index contributed by atoms with van der Waals surface area (Å²) in [5.41, 5.74) is 0.757. The Morgan fingerprint density at radius 3 is 2.58 bits per heavy atom. The van der Waals surface area contributed by atoms with Crippen molar-refractivity contribution in [3.05, 3.63) is 23.3 Å². The van der Waals surface area contributed by atoms with Crippen molar-refractivity contribution in [1.82, 2.24) is 0 Å². The zero-order chi connectivity index (χ0) is 17.7. The van der Waals surface area contributed by atoms with Crippen molar-refractivity contribution in [3.8, 4) is 0 Å². The van der Waals surface area contributed by atoms with E-state index in [1.165, 1.54) is 5.57 Å². The van der Waals surface area contributed by atoms with Crippen LogP contribution in [0.3, 0.4) is 0 Å². The van der Waals surface area contributed by atoms with Gasteiger partial charge in [0.05, 0.1) is 5.41 Å². The van der Waals surface area contributed by atoms with E-state index in [9.17, 15) is 19.5 Å². The number of hydrogen-bond donors (Lipinski definition) is 1. The van der Waals surface area contributed by atoms with Gasteiger partial charge in [-0.25, -0.2) is 0 Å². The molecule has 24 heavy (non-hydrogen) atoms. The minimum Gasteiger partial charge on any atom is -0.481 e. The fraction of sp³-hybridized carbons (Fsp3) is 0.650. The maximum Gasteiger partial charge on any atom is 0.313 e. The Hall–Kier alpha value is -1.71. The second-order valence-corrected chi connectivity index (χ2v) is 8.19. The van der Waals surface area contributed by atoms with Gasteiger partial charge in [-0.05, 0) is 37.2 Å². The van der Waals surface area contributed by atoms with Crippen molar-refractivity contribution in [2.24, 2.45) is 28.6 Å². The van der Waals surface area contributed by atoms with Gasteiger partial charge in [0.1, 0.15) is 12.1 Å². The maximum absolute atomic E-state index is 12.9. The van der Waals surface area contributed by atoms with Crippen LogP contribution in [-0.2, 0) is 14.4 Å². The standard InChI is InChI=1S/C20H26O4/c1-12(2)14-6-7-20(18(23)24)9-8-19(3)15(17(14)20)5-4-13(11-21)10-16(19)22/h4-5,11-13,15H,6-10H2,1-3H3,(H,23,24)/t13?,15-,19-,20+/m1/s1. The number of Topliss-reactive ketones (excluding diaryl/α,β-unsaturated/α-hetero) is 1. The van der Waals surface area contributed by atoms with Crippen LogP contribution in [0, 0.1) is 28.6 Å². The topological polar surface area (TPSA) is 71.4 Å². The highest BCUT2D eigenvalue weighted by atomic mass is 16.4. The summed E-state index contributed by atoms with van der Waals surface area (Å²) < 4.78 is 0. The molecule has 0 aliphatic heterocycles. The van der Waals surface area contributed by atoms with Crippen LogP contribution in [0.1, 0.15) is 52.9 Å². The number of fused-ring (bicyclic) bond motifs is 3. The van der Waals surface area contributed by atoms with Crippen LogP contribution in [0.2, 0.25) is 0 Å². The van der Waals surface area contributed by atoms with Crippen molar-refractivity contribution in [1.29, 1.82) is 0 Å². The summed E-state index contributed by atoms with van der Waals surface area (Å²) in [6.07, 6.45) is 7.37. The molecule has 0 aromatic rings. The van der Waals surface area contributed by atoms with Gasteiger partial charge >= 0.3 is 5.97 Å². The van der Waals surface area contributed by atoms with E-state index >= 15 is 0 Å². The molecule has 3 aliphatic carbocycles. The number of hydrogen-bond acceptors (Lipinski definition) is 3. The van der Waals surface area contributed by atoms with Gasteiger partial charge in [-0.15, -0.1) is 0 Å². The predicted molar refractivity (Wildman–Crippen MR) is 90.3 cm³/mol. The lowest BCUT2D eigenvalue weighted by atomic mass is 9.54. The number of carboxylic acid groups (broad SMARTS) is 1. The van der Waals surface area contributed by atoms with Gasteiger partial charge in [0, 0.05) is 23.7 Å². The summed E-state index contributed by atoms with van der Waals surface area (Å²) in [6, 6.07) is 0. The molecule has 0 saturated heterocycles. The van der Waals surface area contributed by atoms with E-state index in [1.807, 2.05) is 19.1 Å². The number of carboxylic acids is 1. The van der Waals surface area contributed by atoms with Gasteiger partial charge < -0.3 is 9.90 Å². The van der Waals surface area contributed by atoms with Gasteiger partial charge in [-0.1, -0.05) is 38.5 Å². The molecule has 3 rings (SSSR count). The van der Waals surface area contributed by atoms with E-state index in [2.05, 4.69) is 13.8 Å². The number of carbonyl (C=O) groups excluding carboxylic acids is 2. The fourth-order valence-corrected chi connectivity index (χ4v) is 5.04. The minimum atomic E-state index is -0.824. The Kier molecular flexibility index (Phi) is 4.05. The molecule has 0 amide bonds. The lowest BCUT2D eigenvalue weighted by Crippen LogP contribution is -2.47. The molecule has 3 aliphatic rings. The van der Waals surface area contributed by atoms with Crippen molar-refractivity contribution >= 4 is 18.0 Å². The smallest absolute Gasteiger partial charge is 0.313 e. The van der Waals surface area contributed by atoms with Gasteiger partial charge in [-0.2, -0.15) is 0 Å². The number of allylic oxidation sites excluding steroid dienone is 3. The summed E-state index contributed by atoms with van der Waals surface area (Å²) in [6.45, 7) is 6.16. The average molecular weight is 330 g/mol. The van der Waals surface area contributed by atoms with E-state index in [1.54, 1.807) is 0 Å². The van der Waals surface area contributed by atoms with Crippen LogP contribution in [0.4, 0.5) is 0 Å². The number of aliphatic carboxylic acids is 1.